The molecule has 4 nitrogen and oxygen atoms in total. The van der Waals surface area contributed by atoms with E-state index in [0.29, 0.717) is 29.5 Å². The summed E-state index contributed by atoms with van der Waals surface area (Å²) in [6.45, 7) is 4.96. The van der Waals surface area contributed by atoms with Crippen LogP contribution in [-0.2, 0) is 4.74 Å². The Balaban J connectivity index is 1.87. The van der Waals surface area contributed by atoms with E-state index >= 15 is 0 Å². The second kappa shape index (κ2) is 7.06. The minimum absolute atomic E-state index is 0.0285. The van der Waals surface area contributed by atoms with Crippen LogP contribution in [-0.4, -0.2) is 36.6 Å². The van der Waals surface area contributed by atoms with Gasteiger partial charge in [-0.3, -0.25) is 4.79 Å². The van der Waals surface area contributed by atoms with Crippen molar-refractivity contribution in [1.29, 1.82) is 0 Å². The number of nitrogens with zero attached hydrogens (tertiary/aromatic N) is 1. The van der Waals surface area contributed by atoms with E-state index in [1.54, 1.807) is 13.2 Å². The highest BCUT2D eigenvalue weighted by Gasteiger charge is 2.39. The third kappa shape index (κ3) is 3.80. The van der Waals surface area contributed by atoms with Crippen LogP contribution in [0.25, 0.3) is 0 Å². The van der Waals surface area contributed by atoms with Crippen molar-refractivity contribution in [3.05, 3.63) is 64.7 Å². The predicted molar refractivity (Wildman–Crippen MR) is 98.3 cm³/mol. The molecule has 1 heterocycles. The summed E-state index contributed by atoms with van der Waals surface area (Å²) in [6, 6.07) is 14.8. The maximum atomic E-state index is 13.1. The Labute approximate surface area is 153 Å². The van der Waals surface area contributed by atoms with Crippen molar-refractivity contribution in [3.8, 4) is 5.75 Å². The first-order valence-corrected chi connectivity index (χ1v) is 8.61. The average molecular weight is 360 g/mol. The molecule has 1 fully saturated rings. The highest BCUT2D eigenvalue weighted by Crippen LogP contribution is 2.32. The zero-order valence-corrected chi connectivity index (χ0v) is 15.4. The SMILES string of the molecule is COc1cccc(C(=O)N2CC(c3cccc(Cl)c3)OCC2(C)C)c1. The van der Waals surface area contributed by atoms with Crippen LogP contribution in [0, 0.1) is 0 Å². The van der Waals surface area contributed by atoms with E-state index in [4.69, 9.17) is 21.1 Å². The lowest BCUT2D eigenvalue weighted by molar-refractivity contribution is -0.0846. The maximum Gasteiger partial charge on any atom is 0.254 e. The van der Waals surface area contributed by atoms with Crippen molar-refractivity contribution in [2.75, 3.05) is 20.3 Å². The van der Waals surface area contributed by atoms with Crippen molar-refractivity contribution < 1.29 is 14.3 Å². The lowest BCUT2D eigenvalue weighted by Crippen LogP contribution is -2.56. The first-order chi connectivity index (χ1) is 11.9. The van der Waals surface area contributed by atoms with Crippen molar-refractivity contribution in [1.82, 2.24) is 4.90 Å². The van der Waals surface area contributed by atoms with Crippen LogP contribution in [0.4, 0.5) is 0 Å². The van der Waals surface area contributed by atoms with Crippen molar-refractivity contribution in [2.24, 2.45) is 0 Å². The molecule has 25 heavy (non-hydrogen) atoms. The van der Waals surface area contributed by atoms with Gasteiger partial charge in [-0.05, 0) is 49.7 Å². The molecule has 0 aromatic heterocycles. The van der Waals surface area contributed by atoms with Gasteiger partial charge in [0.05, 0.1) is 25.8 Å². The summed E-state index contributed by atoms with van der Waals surface area (Å²) in [4.78, 5) is 15.0. The Hall–Kier alpha value is -2.04. The molecule has 2 aromatic rings. The molecule has 0 aliphatic carbocycles. The Kier molecular flexibility index (Phi) is 5.02. The largest absolute Gasteiger partial charge is 0.497 e. The number of rotatable bonds is 3. The molecule has 3 rings (SSSR count). The normalized spacial score (nSPS) is 19.5. The second-order valence-electron chi connectivity index (χ2n) is 6.81. The molecule has 0 bridgehead atoms. The van der Waals surface area contributed by atoms with Gasteiger partial charge in [0.15, 0.2) is 0 Å². The number of morpholine rings is 1. The van der Waals surface area contributed by atoms with E-state index in [1.807, 2.05) is 61.2 Å². The van der Waals surface area contributed by atoms with Gasteiger partial charge in [-0.15, -0.1) is 0 Å². The summed E-state index contributed by atoms with van der Waals surface area (Å²) >= 11 is 6.10. The molecule has 132 valence electrons. The van der Waals surface area contributed by atoms with Crippen LogP contribution < -0.4 is 4.74 Å². The van der Waals surface area contributed by atoms with Gasteiger partial charge in [0.1, 0.15) is 11.9 Å². The number of carbonyl (C=O) groups is 1. The van der Waals surface area contributed by atoms with Crippen LogP contribution in [0.15, 0.2) is 48.5 Å². The van der Waals surface area contributed by atoms with E-state index in [1.165, 1.54) is 0 Å². The van der Waals surface area contributed by atoms with Gasteiger partial charge in [-0.1, -0.05) is 29.8 Å². The summed E-state index contributed by atoms with van der Waals surface area (Å²) in [5.41, 5.74) is 1.19. The number of benzene rings is 2. The number of carbonyl (C=O) groups excluding carboxylic acids is 1. The molecular formula is C20H22ClNO3. The molecule has 0 radical (unpaired) electrons. The summed E-state index contributed by atoms with van der Waals surface area (Å²) in [6.07, 6.45) is -0.193. The zero-order valence-electron chi connectivity index (χ0n) is 14.7. The lowest BCUT2D eigenvalue weighted by Gasteiger charge is -2.45. The fraction of sp³-hybridized carbons (Fsp3) is 0.350. The standard InChI is InChI=1S/C20H22ClNO3/c1-20(2)13-25-18(14-6-4-8-16(21)10-14)12-22(20)19(23)15-7-5-9-17(11-15)24-3/h4-11,18H,12-13H2,1-3H3. The Morgan fingerprint density at radius 3 is 2.72 bits per heavy atom. The number of hydrogen-bond acceptors (Lipinski definition) is 3. The summed E-state index contributed by atoms with van der Waals surface area (Å²) in [5.74, 6) is 0.641. The van der Waals surface area contributed by atoms with Gasteiger partial charge in [0, 0.05) is 10.6 Å². The molecule has 1 atom stereocenters. The lowest BCUT2D eigenvalue weighted by atomic mass is 9.96. The second-order valence-corrected chi connectivity index (χ2v) is 7.25. The molecule has 1 amide bonds. The molecular weight excluding hydrogens is 338 g/mol. The van der Waals surface area contributed by atoms with E-state index in [9.17, 15) is 4.79 Å². The van der Waals surface area contributed by atoms with Crippen LogP contribution in [0.5, 0.6) is 5.75 Å². The number of methoxy groups -OCH3 is 1. The molecule has 0 spiro atoms. The highest BCUT2D eigenvalue weighted by molar-refractivity contribution is 6.30. The van der Waals surface area contributed by atoms with Gasteiger partial charge in [0.25, 0.3) is 5.91 Å². The number of hydrogen-bond donors (Lipinski definition) is 0. The Morgan fingerprint density at radius 2 is 2.00 bits per heavy atom. The van der Waals surface area contributed by atoms with Gasteiger partial charge in [-0.2, -0.15) is 0 Å². The smallest absolute Gasteiger partial charge is 0.254 e. The summed E-state index contributed by atoms with van der Waals surface area (Å²) < 4.78 is 11.3. The highest BCUT2D eigenvalue weighted by atomic mass is 35.5. The fourth-order valence-corrected chi connectivity index (χ4v) is 3.23. The molecule has 1 aliphatic heterocycles. The van der Waals surface area contributed by atoms with E-state index < -0.39 is 5.54 Å². The molecule has 5 heteroatoms. The molecule has 1 saturated heterocycles. The maximum absolute atomic E-state index is 13.1. The predicted octanol–water partition coefficient (Wildman–Crippen LogP) is 4.34. The van der Waals surface area contributed by atoms with E-state index in [0.717, 1.165) is 5.56 Å². The fourth-order valence-electron chi connectivity index (χ4n) is 3.03. The first kappa shape index (κ1) is 17.8. The van der Waals surface area contributed by atoms with Gasteiger partial charge >= 0.3 is 0 Å². The van der Waals surface area contributed by atoms with Crippen molar-refractivity contribution in [3.63, 3.8) is 0 Å². The van der Waals surface area contributed by atoms with Crippen molar-refractivity contribution >= 4 is 17.5 Å². The summed E-state index contributed by atoms with van der Waals surface area (Å²) in [7, 11) is 1.59. The van der Waals surface area contributed by atoms with Gasteiger partial charge in [0.2, 0.25) is 0 Å². The average Bonchev–Trinajstić information content (AvgIpc) is 2.61. The van der Waals surface area contributed by atoms with Crippen molar-refractivity contribution in [2.45, 2.75) is 25.5 Å². The zero-order chi connectivity index (χ0) is 18.0. The van der Waals surface area contributed by atoms with Gasteiger partial charge in [-0.25, -0.2) is 0 Å². The number of halogens is 1. The molecule has 0 N–H and O–H groups in total. The minimum Gasteiger partial charge on any atom is -0.497 e. The molecule has 0 saturated carbocycles. The van der Waals surface area contributed by atoms with Crippen LogP contribution >= 0.6 is 11.6 Å². The van der Waals surface area contributed by atoms with Crippen LogP contribution in [0.2, 0.25) is 5.02 Å². The Morgan fingerprint density at radius 1 is 1.24 bits per heavy atom. The molecule has 1 aliphatic rings. The van der Waals surface area contributed by atoms with Crippen LogP contribution in [0.3, 0.4) is 0 Å². The molecule has 2 aromatic carbocycles. The molecule has 1 unspecified atom stereocenters. The topological polar surface area (TPSA) is 38.8 Å². The Bertz CT molecular complexity index is 775. The number of ether oxygens (including phenoxy) is 2. The first-order valence-electron chi connectivity index (χ1n) is 8.24. The summed E-state index contributed by atoms with van der Waals surface area (Å²) in [5, 5.41) is 0.664. The van der Waals surface area contributed by atoms with Gasteiger partial charge < -0.3 is 14.4 Å². The third-order valence-corrected chi connectivity index (χ3v) is 4.73. The third-order valence-electron chi connectivity index (χ3n) is 4.50. The van der Waals surface area contributed by atoms with E-state index in [-0.39, 0.29) is 12.0 Å². The van der Waals surface area contributed by atoms with E-state index in [2.05, 4.69) is 0 Å². The minimum atomic E-state index is -0.394. The number of amides is 1. The quantitative estimate of drug-likeness (QED) is 0.818. The van der Waals surface area contributed by atoms with Crippen LogP contribution in [0.1, 0.15) is 35.9 Å². The monoisotopic (exact) mass is 359 g/mol.